The third-order valence-corrected chi connectivity index (χ3v) is 5.83. The molecule has 3 N–H and O–H groups in total. The van der Waals surface area contributed by atoms with E-state index < -0.39 is 29.6 Å². The molecule has 3 rings (SSSR count). The van der Waals surface area contributed by atoms with Crippen LogP contribution in [-0.4, -0.2) is 55.0 Å². The molecule has 2 aromatic carbocycles. The van der Waals surface area contributed by atoms with Crippen LogP contribution >= 0.6 is 0 Å². The third-order valence-electron chi connectivity index (χ3n) is 5.83. The molecule has 1 aliphatic rings. The second-order valence-corrected chi connectivity index (χ2v) is 8.37. The number of carboxylic acids is 1. The van der Waals surface area contributed by atoms with E-state index in [4.69, 9.17) is 9.47 Å². The molecule has 0 aromatic heterocycles. The molecule has 0 heterocycles. The second-order valence-electron chi connectivity index (χ2n) is 8.37. The van der Waals surface area contributed by atoms with E-state index in [9.17, 15) is 19.5 Å². The molecule has 0 radical (unpaired) electrons. The number of ether oxygens (including phenoxy) is 2. The predicted molar refractivity (Wildman–Crippen MR) is 123 cm³/mol. The number of methoxy groups -OCH3 is 1. The lowest BCUT2D eigenvalue weighted by molar-refractivity contribution is -0.149. The molecule has 0 fully saturated rings. The SMILES string of the molecule is CCC[C@H](NC(=O)OCC1c2ccccc2-c2ccccc21)C(=O)NC(C)(COC)C(=O)O. The summed E-state index contributed by atoms with van der Waals surface area (Å²) >= 11 is 0. The Labute approximate surface area is 193 Å². The Kier molecular flexibility index (Phi) is 7.71. The van der Waals surface area contributed by atoms with Crippen LogP contribution in [-0.2, 0) is 19.1 Å². The Bertz CT molecular complexity index is 978. The summed E-state index contributed by atoms with van der Waals surface area (Å²) in [4.78, 5) is 36.9. The number of benzene rings is 2. The zero-order valence-electron chi connectivity index (χ0n) is 19.1. The molecule has 8 heteroatoms. The van der Waals surface area contributed by atoms with Crippen molar-refractivity contribution in [2.75, 3.05) is 20.3 Å². The van der Waals surface area contributed by atoms with Crippen LogP contribution in [0.2, 0.25) is 0 Å². The zero-order chi connectivity index (χ0) is 24.0. The van der Waals surface area contributed by atoms with Gasteiger partial charge in [0.15, 0.2) is 5.54 Å². The minimum Gasteiger partial charge on any atom is -0.479 e. The van der Waals surface area contributed by atoms with Gasteiger partial charge in [-0.3, -0.25) is 4.79 Å². The van der Waals surface area contributed by atoms with Crippen molar-refractivity contribution in [1.29, 1.82) is 0 Å². The highest BCUT2D eigenvalue weighted by atomic mass is 16.5. The lowest BCUT2D eigenvalue weighted by Crippen LogP contribution is -2.60. The Morgan fingerprint density at radius 1 is 1.06 bits per heavy atom. The molecule has 0 spiro atoms. The van der Waals surface area contributed by atoms with Crippen molar-refractivity contribution >= 4 is 18.0 Å². The van der Waals surface area contributed by atoms with E-state index in [1.165, 1.54) is 14.0 Å². The molecule has 2 aromatic rings. The lowest BCUT2D eigenvalue weighted by Gasteiger charge is -2.28. The number of fused-ring (bicyclic) bond motifs is 3. The van der Waals surface area contributed by atoms with E-state index in [0.29, 0.717) is 12.8 Å². The monoisotopic (exact) mass is 454 g/mol. The Morgan fingerprint density at radius 2 is 1.64 bits per heavy atom. The van der Waals surface area contributed by atoms with Gasteiger partial charge in [0.1, 0.15) is 12.6 Å². The first-order valence-corrected chi connectivity index (χ1v) is 11.0. The van der Waals surface area contributed by atoms with Gasteiger partial charge in [-0.05, 0) is 35.6 Å². The second kappa shape index (κ2) is 10.5. The molecule has 0 aliphatic heterocycles. The van der Waals surface area contributed by atoms with Crippen LogP contribution in [0.15, 0.2) is 48.5 Å². The molecule has 1 aliphatic carbocycles. The lowest BCUT2D eigenvalue weighted by atomic mass is 9.98. The summed E-state index contributed by atoms with van der Waals surface area (Å²) in [5.41, 5.74) is 2.81. The van der Waals surface area contributed by atoms with Crippen molar-refractivity contribution in [2.24, 2.45) is 0 Å². The van der Waals surface area contributed by atoms with Gasteiger partial charge in [-0.15, -0.1) is 0 Å². The third kappa shape index (κ3) is 5.34. The van der Waals surface area contributed by atoms with Crippen molar-refractivity contribution in [2.45, 2.75) is 44.2 Å². The predicted octanol–water partition coefficient (Wildman–Crippen LogP) is 3.30. The first-order chi connectivity index (χ1) is 15.8. The minimum absolute atomic E-state index is 0.0985. The molecule has 176 valence electrons. The molecular formula is C25H30N2O6. The van der Waals surface area contributed by atoms with Gasteiger partial charge < -0.3 is 25.2 Å². The van der Waals surface area contributed by atoms with Crippen LogP contribution in [0.25, 0.3) is 11.1 Å². The van der Waals surface area contributed by atoms with E-state index in [-0.39, 0.29) is 19.1 Å². The topological polar surface area (TPSA) is 114 Å². The molecule has 33 heavy (non-hydrogen) atoms. The summed E-state index contributed by atoms with van der Waals surface area (Å²) < 4.78 is 10.5. The molecule has 2 amide bonds. The number of rotatable bonds is 10. The fraction of sp³-hybridized carbons (Fsp3) is 0.400. The highest BCUT2D eigenvalue weighted by Crippen LogP contribution is 2.44. The standard InChI is InChI=1S/C25H30N2O6/c1-4-9-21(22(28)27-25(2,15-32-3)23(29)30)26-24(31)33-14-20-18-12-7-5-10-16(18)17-11-6-8-13-19(17)20/h5-8,10-13,20-21H,4,9,14-15H2,1-3H3,(H,26,31)(H,27,28)(H,29,30)/t21-,25?/m0/s1. The van der Waals surface area contributed by atoms with Crippen molar-refractivity contribution in [3.05, 3.63) is 59.7 Å². The Balaban J connectivity index is 1.66. The average Bonchev–Trinajstić information content (AvgIpc) is 3.11. The van der Waals surface area contributed by atoms with Gasteiger partial charge in [-0.25, -0.2) is 9.59 Å². The Morgan fingerprint density at radius 3 is 2.15 bits per heavy atom. The number of hydrogen-bond acceptors (Lipinski definition) is 5. The summed E-state index contributed by atoms with van der Waals surface area (Å²) in [5.74, 6) is -1.93. The number of amides is 2. The molecule has 0 bridgehead atoms. The van der Waals surface area contributed by atoms with Gasteiger partial charge in [-0.2, -0.15) is 0 Å². The summed E-state index contributed by atoms with van der Waals surface area (Å²) in [7, 11) is 1.35. The number of aliphatic carboxylic acids is 1. The van der Waals surface area contributed by atoms with Crippen molar-refractivity contribution in [3.8, 4) is 11.1 Å². The van der Waals surface area contributed by atoms with Crippen LogP contribution < -0.4 is 10.6 Å². The van der Waals surface area contributed by atoms with Crippen LogP contribution in [0.4, 0.5) is 4.79 Å². The maximum absolute atomic E-state index is 12.8. The van der Waals surface area contributed by atoms with E-state index in [1.807, 2.05) is 43.3 Å². The van der Waals surface area contributed by atoms with Crippen molar-refractivity contribution in [1.82, 2.24) is 10.6 Å². The maximum atomic E-state index is 12.8. The van der Waals surface area contributed by atoms with Gasteiger partial charge >= 0.3 is 12.1 Å². The van der Waals surface area contributed by atoms with Gasteiger partial charge in [0.25, 0.3) is 0 Å². The van der Waals surface area contributed by atoms with Gasteiger partial charge in [-0.1, -0.05) is 61.9 Å². The molecule has 0 saturated carbocycles. The maximum Gasteiger partial charge on any atom is 0.407 e. The number of alkyl carbamates (subject to hydrolysis) is 1. The summed E-state index contributed by atoms with van der Waals surface area (Å²) in [6, 6.07) is 15.1. The van der Waals surface area contributed by atoms with Gasteiger partial charge in [0.2, 0.25) is 5.91 Å². The highest BCUT2D eigenvalue weighted by Gasteiger charge is 2.37. The van der Waals surface area contributed by atoms with Crippen LogP contribution in [0, 0.1) is 0 Å². The largest absolute Gasteiger partial charge is 0.479 e. The minimum atomic E-state index is -1.61. The Hall–Kier alpha value is -3.39. The smallest absolute Gasteiger partial charge is 0.407 e. The van der Waals surface area contributed by atoms with E-state index in [0.717, 1.165) is 22.3 Å². The highest BCUT2D eigenvalue weighted by molar-refractivity contribution is 5.91. The first-order valence-electron chi connectivity index (χ1n) is 11.0. The normalized spacial score (nSPS) is 15.0. The first kappa shape index (κ1) is 24.3. The van der Waals surface area contributed by atoms with Gasteiger partial charge in [0, 0.05) is 13.0 Å². The molecular weight excluding hydrogens is 424 g/mol. The average molecular weight is 455 g/mol. The van der Waals surface area contributed by atoms with Crippen LogP contribution in [0.1, 0.15) is 43.7 Å². The number of carboxylic acid groups (broad SMARTS) is 1. The molecule has 8 nitrogen and oxygen atoms in total. The van der Waals surface area contributed by atoms with Crippen LogP contribution in [0.5, 0.6) is 0 Å². The number of carbonyl (C=O) groups excluding carboxylic acids is 2. The van der Waals surface area contributed by atoms with E-state index >= 15 is 0 Å². The fourth-order valence-corrected chi connectivity index (χ4v) is 4.14. The zero-order valence-corrected chi connectivity index (χ0v) is 19.1. The van der Waals surface area contributed by atoms with Gasteiger partial charge in [0.05, 0.1) is 6.61 Å². The van der Waals surface area contributed by atoms with Crippen LogP contribution in [0.3, 0.4) is 0 Å². The number of hydrogen-bond donors (Lipinski definition) is 3. The molecule has 2 atom stereocenters. The number of carbonyl (C=O) groups is 3. The summed E-state index contributed by atoms with van der Waals surface area (Å²) in [5, 5.41) is 14.5. The fourth-order valence-electron chi connectivity index (χ4n) is 4.14. The molecule has 0 saturated heterocycles. The van der Waals surface area contributed by atoms with E-state index in [1.54, 1.807) is 0 Å². The summed E-state index contributed by atoms with van der Waals surface area (Å²) in [6.45, 7) is 3.13. The van der Waals surface area contributed by atoms with Crippen molar-refractivity contribution in [3.63, 3.8) is 0 Å². The number of nitrogens with one attached hydrogen (secondary N) is 2. The quantitative estimate of drug-likeness (QED) is 0.508. The van der Waals surface area contributed by atoms with Crippen molar-refractivity contribution < 1.29 is 29.0 Å². The molecule has 1 unspecified atom stereocenters. The van der Waals surface area contributed by atoms with E-state index in [2.05, 4.69) is 22.8 Å². The summed E-state index contributed by atoms with van der Waals surface area (Å²) in [6.07, 6.45) is 0.211.